The van der Waals surface area contributed by atoms with Crippen LogP contribution in [0.25, 0.3) is 0 Å². The third kappa shape index (κ3) is 3.74. The van der Waals surface area contributed by atoms with Crippen LogP contribution in [0.3, 0.4) is 0 Å². The average Bonchev–Trinajstić information content (AvgIpc) is 2.63. The number of unbranched alkanes of at least 4 members (excludes halogenated alkanes) is 2. The van der Waals surface area contributed by atoms with Gasteiger partial charge < -0.3 is 0 Å². The first-order chi connectivity index (χ1) is 4.43. The molecule has 0 radical (unpaired) electrons. The van der Waals surface area contributed by atoms with E-state index >= 15 is 0 Å². The summed E-state index contributed by atoms with van der Waals surface area (Å²) in [5, 5.41) is 8.20. The minimum atomic E-state index is 0.669. The van der Waals surface area contributed by atoms with Gasteiger partial charge in [-0.3, -0.25) is 0 Å². The van der Waals surface area contributed by atoms with E-state index in [1.165, 1.54) is 12.8 Å². The monoisotopic (exact) mass is 236 g/mol. The quantitative estimate of drug-likeness (QED) is 0.332. The van der Waals surface area contributed by atoms with Gasteiger partial charge in [0, 0.05) is 0 Å². The summed E-state index contributed by atoms with van der Waals surface area (Å²) in [4.78, 5) is 0. The second kappa shape index (κ2) is 4.10. The van der Waals surface area contributed by atoms with E-state index in [0.29, 0.717) is 21.2 Å². The van der Waals surface area contributed by atoms with Gasteiger partial charge in [0.05, 0.1) is 0 Å². The zero-order valence-electron chi connectivity index (χ0n) is 5.44. The van der Waals surface area contributed by atoms with Crippen LogP contribution in [0.2, 0.25) is 0 Å². The standard InChI is InChI=1S/C7H11IN/c9-5-3-1-2-4-7-6-8-7/h7H,1-4,6H2/q-1. The molecule has 1 fully saturated rings. The van der Waals surface area contributed by atoms with Gasteiger partial charge in [0.1, 0.15) is 0 Å². The van der Waals surface area contributed by atoms with Crippen LogP contribution in [0.5, 0.6) is 0 Å². The Morgan fingerprint density at radius 1 is 1.56 bits per heavy atom. The van der Waals surface area contributed by atoms with Crippen LogP contribution in [-0.2, 0) is 0 Å². The Balaban J connectivity index is 1.77. The summed E-state index contributed by atoms with van der Waals surface area (Å²) in [6, 6.07) is 2.17. The number of halogens is 1. The fourth-order valence-corrected chi connectivity index (χ4v) is 2.47. The topological polar surface area (TPSA) is 23.8 Å². The van der Waals surface area contributed by atoms with Crippen molar-refractivity contribution in [2.75, 3.05) is 4.43 Å². The molecule has 2 heteroatoms. The first-order valence-corrected chi connectivity index (χ1v) is 6.15. The van der Waals surface area contributed by atoms with Crippen LogP contribution >= 0.6 is 0 Å². The molecule has 1 aliphatic heterocycles. The SMILES string of the molecule is N#CCCCCC1C[I-]1. The van der Waals surface area contributed by atoms with Gasteiger partial charge in [0.15, 0.2) is 0 Å². The van der Waals surface area contributed by atoms with Gasteiger partial charge in [-0.25, -0.2) is 0 Å². The second-order valence-electron chi connectivity index (χ2n) is 2.31. The van der Waals surface area contributed by atoms with Crippen molar-refractivity contribution in [2.24, 2.45) is 0 Å². The Hall–Kier alpha value is 0.220. The summed E-state index contributed by atoms with van der Waals surface area (Å²) < 4.78 is 2.72. The summed E-state index contributed by atoms with van der Waals surface area (Å²) in [7, 11) is 0. The number of hydrogen-bond acceptors (Lipinski definition) is 1. The fraction of sp³-hybridized carbons (Fsp3) is 0.857. The maximum atomic E-state index is 8.20. The molecular formula is C7H11IN-. The number of rotatable bonds is 4. The molecule has 1 heterocycles. The molecule has 0 amide bonds. The average molecular weight is 236 g/mol. The Kier molecular flexibility index (Phi) is 3.34. The summed E-state index contributed by atoms with van der Waals surface area (Å²) in [5.41, 5.74) is 0. The summed E-state index contributed by atoms with van der Waals surface area (Å²) in [5.74, 6) is 0. The van der Waals surface area contributed by atoms with Gasteiger partial charge in [-0.05, 0) is 0 Å². The van der Waals surface area contributed by atoms with Crippen LogP contribution in [-0.4, -0.2) is 8.35 Å². The van der Waals surface area contributed by atoms with Crippen molar-refractivity contribution < 1.29 is 21.2 Å². The van der Waals surface area contributed by atoms with Gasteiger partial charge in [-0.15, -0.1) is 0 Å². The molecule has 1 rings (SSSR count). The van der Waals surface area contributed by atoms with Crippen LogP contribution < -0.4 is 21.2 Å². The van der Waals surface area contributed by atoms with Crippen molar-refractivity contribution in [1.82, 2.24) is 0 Å². The van der Waals surface area contributed by atoms with E-state index in [1.54, 1.807) is 4.43 Å². The molecule has 0 aromatic heterocycles. The fourth-order valence-electron chi connectivity index (χ4n) is 0.787. The molecule has 0 aliphatic carbocycles. The molecule has 1 unspecified atom stereocenters. The zero-order valence-corrected chi connectivity index (χ0v) is 7.60. The first-order valence-electron chi connectivity index (χ1n) is 3.38. The summed E-state index contributed by atoms with van der Waals surface area (Å²) >= 11 is 0.669. The van der Waals surface area contributed by atoms with Crippen LogP contribution in [0.1, 0.15) is 25.7 Å². The third-order valence-corrected chi connectivity index (χ3v) is 4.18. The molecule has 52 valence electrons. The number of nitrogens with zero attached hydrogens (tertiary/aromatic N) is 1. The van der Waals surface area contributed by atoms with Crippen molar-refractivity contribution in [3.63, 3.8) is 0 Å². The van der Waals surface area contributed by atoms with E-state index in [0.717, 1.165) is 16.8 Å². The maximum absolute atomic E-state index is 8.20. The van der Waals surface area contributed by atoms with Crippen molar-refractivity contribution in [1.29, 1.82) is 5.26 Å². The zero-order chi connectivity index (χ0) is 6.53. The molecule has 1 nitrogen and oxygen atoms in total. The van der Waals surface area contributed by atoms with Gasteiger partial charge in [0.2, 0.25) is 0 Å². The van der Waals surface area contributed by atoms with E-state index < -0.39 is 0 Å². The number of alkyl halides is 2. The molecule has 0 bridgehead atoms. The van der Waals surface area contributed by atoms with E-state index in [4.69, 9.17) is 5.26 Å². The Morgan fingerprint density at radius 2 is 2.33 bits per heavy atom. The number of nitriles is 1. The van der Waals surface area contributed by atoms with E-state index in [-0.39, 0.29) is 0 Å². The van der Waals surface area contributed by atoms with Gasteiger partial charge in [-0.1, -0.05) is 0 Å². The van der Waals surface area contributed by atoms with Crippen LogP contribution in [0.15, 0.2) is 0 Å². The Labute approximate surface area is 66.7 Å². The summed E-state index contributed by atoms with van der Waals surface area (Å²) in [6.07, 6.45) is 4.63. The molecule has 1 aliphatic rings. The van der Waals surface area contributed by atoms with Gasteiger partial charge in [0.25, 0.3) is 0 Å². The molecule has 0 aromatic rings. The van der Waals surface area contributed by atoms with E-state index in [9.17, 15) is 0 Å². The minimum absolute atomic E-state index is 0.669. The molecule has 0 spiro atoms. The molecule has 0 saturated carbocycles. The Morgan fingerprint density at radius 3 is 2.89 bits per heavy atom. The van der Waals surface area contributed by atoms with Gasteiger partial charge in [-0.2, -0.15) is 0 Å². The van der Waals surface area contributed by atoms with E-state index in [1.807, 2.05) is 0 Å². The molecule has 9 heavy (non-hydrogen) atoms. The second-order valence-corrected chi connectivity index (χ2v) is 5.83. The third-order valence-electron chi connectivity index (χ3n) is 1.43. The van der Waals surface area contributed by atoms with Crippen LogP contribution in [0.4, 0.5) is 0 Å². The molecule has 0 aromatic carbocycles. The number of hydrogen-bond donors (Lipinski definition) is 0. The molecule has 1 saturated heterocycles. The predicted molar refractivity (Wildman–Crippen MR) is 32.7 cm³/mol. The molecule has 1 atom stereocenters. The van der Waals surface area contributed by atoms with Crippen molar-refractivity contribution in [3.05, 3.63) is 0 Å². The van der Waals surface area contributed by atoms with E-state index in [2.05, 4.69) is 6.07 Å². The van der Waals surface area contributed by atoms with Gasteiger partial charge >= 0.3 is 66.6 Å². The van der Waals surface area contributed by atoms with Crippen molar-refractivity contribution >= 4 is 0 Å². The van der Waals surface area contributed by atoms with Crippen LogP contribution in [0, 0.1) is 11.3 Å². The first kappa shape index (κ1) is 7.33. The Bertz CT molecular complexity index is 113. The summed E-state index contributed by atoms with van der Waals surface area (Å²) in [6.45, 7) is 0. The normalized spacial score (nSPS) is 24.1. The molecular weight excluding hydrogens is 225 g/mol. The molecule has 0 N–H and O–H groups in total. The van der Waals surface area contributed by atoms with Crippen molar-refractivity contribution in [2.45, 2.75) is 29.6 Å². The van der Waals surface area contributed by atoms with Crippen molar-refractivity contribution in [3.8, 4) is 6.07 Å². The predicted octanol–water partition coefficient (Wildman–Crippen LogP) is -1.46.